The number of carboxylic acids is 1. The van der Waals surface area contributed by atoms with Gasteiger partial charge in [-0.15, -0.1) is 0 Å². The smallest absolute Gasteiger partial charge is 0.303 e. The van der Waals surface area contributed by atoms with Crippen LogP contribution in [0.15, 0.2) is 30.3 Å². The first-order chi connectivity index (χ1) is 7.24. The van der Waals surface area contributed by atoms with Gasteiger partial charge in [0.15, 0.2) is 0 Å². The van der Waals surface area contributed by atoms with Gasteiger partial charge in [0.2, 0.25) is 0 Å². The third kappa shape index (κ3) is 4.13. The minimum absolute atomic E-state index is 0.104. The van der Waals surface area contributed by atoms with Crippen LogP contribution in [0.3, 0.4) is 0 Å². The van der Waals surface area contributed by atoms with E-state index < -0.39 is 5.97 Å². The summed E-state index contributed by atoms with van der Waals surface area (Å²) in [6.45, 7) is 2.51. The Hall–Kier alpha value is -1.35. The van der Waals surface area contributed by atoms with Gasteiger partial charge in [-0.2, -0.15) is 0 Å². The SMILES string of the molecule is CCOC(CCC(=O)O)c1ccccc1. The van der Waals surface area contributed by atoms with Crippen molar-refractivity contribution in [1.29, 1.82) is 0 Å². The predicted molar refractivity (Wildman–Crippen MR) is 57.7 cm³/mol. The quantitative estimate of drug-likeness (QED) is 0.781. The summed E-state index contributed by atoms with van der Waals surface area (Å²) in [5.74, 6) is -0.782. The van der Waals surface area contributed by atoms with Crippen molar-refractivity contribution in [2.75, 3.05) is 6.61 Å². The predicted octanol–water partition coefficient (Wildman–Crippen LogP) is 2.63. The first-order valence-corrected chi connectivity index (χ1v) is 5.12. The van der Waals surface area contributed by atoms with E-state index in [2.05, 4.69) is 0 Å². The molecule has 0 radical (unpaired) electrons. The number of benzene rings is 1. The summed E-state index contributed by atoms with van der Waals surface area (Å²) in [5.41, 5.74) is 1.04. The summed E-state index contributed by atoms with van der Waals surface area (Å²) in [6.07, 6.45) is 0.555. The van der Waals surface area contributed by atoms with E-state index in [0.717, 1.165) is 5.56 Å². The van der Waals surface area contributed by atoms with Crippen molar-refractivity contribution in [1.82, 2.24) is 0 Å². The zero-order valence-electron chi connectivity index (χ0n) is 8.85. The minimum atomic E-state index is -0.782. The van der Waals surface area contributed by atoms with Crippen LogP contribution >= 0.6 is 0 Å². The Labute approximate surface area is 89.7 Å². The van der Waals surface area contributed by atoms with Crippen LogP contribution < -0.4 is 0 Å². The minimum Gasteiger partial charge on any atom is -0.481 e. The van der Waals surface area contributed by atoms with E-state index >= 15 is 0 Å². The Morgan fingerprint density at radius 3 is 2.60 bits per heavy atom. The van der Waals surface area contributed by atoms with E-state index in [-0.39, 0.29) is 12.5 Å². The Balaban J connectivity index is 2.61. The molecule has 0 amide bonds. The maximum Gasteiger partial charge on any atom is 0.303 e. The molecule has 0 saturated carbocycles. The molecule has 0 saturated heterocycles. The zero-order chi connectivity index (χ0) is 11.1. The molecule has 1 unspecified atom stereocenters. The molecule has 0 aliphatic carbocycles. The highest BCUT2D eigenvalue weighted by atomic mass is 16.5. The van der Waals surface area contributed by atoms with Gasteiger partial charge in [-0.25, -0.2) is 0 Å². The molecule has 3 heteroatoms. The fourth-order valence-electron chi connectivity index (χ4n) is 1.47. The van der Waals surface area contributed by atoms with Crippen molar-refractivity contribution in [3.05, 3.63) is 35.9 Å². The van der Waals surface area contributed by atoms with E-state index in [1.165, 1.54) is 0 Å². The topological polar surface area (TPSA) is 46.5 Å². The molecule has 0 aliphatic heterocycles. The van der Waals surface area contributed by atoms with Crippen LogP contribution in [-0.4, -0.2) is 17.7 Å². The fraction of sp³-hybridized carbons (Fsp3) is 0.417. The molecule has 0 fully saturated rings. The van der Waals surface area contributed by atoms with Gasteiger partial charge in [-0.1, -0.05) is 30.3 Å². The van der Waals surface area contributed by atoms with Crippen LogP contribution in [0.1, 0.15) is 31.4 Å². The van der Waals surface area contributed by atoms with Crippen molar-refractivity contribution >= 4 is 5.97 Å². The second-order valence-corrected chi connectivity index (χ2v) is 3.29. The van der Waals surface area contributed by atoms with Crippen LogP contribution in [0.2, 0.25) is 0 Å². The lowest BCUT2D eigenvalue weighted by Gasteiger charge is -2.16. The molecular weight excluding hydrogens is 192 g/mol. The molecule has 0 aliphatic rings. The van der Waals surface area contributed by atoms with Crippen molar-refractivity contribution < 1.29 is 14.6 Å². The molecule has 0 aromatic heterocycles. The first kappa shape index (κ1) is 11.7. The lowest BCUT2D eigenvalue weighted by atomic mass is 10.0. The van der Waals surface area contributed by atoms with Gasteiger partial charge in [0, 0.05) is 13.0 Å². The number of carboxylic acid groups (broad SMARTS) is 1. The van der Waals surface area contributed by atoms with Crippen molar-refractivity contribution in [3.63, 3.8) is 0 Å². The summed E-state index contributed by atoms with van der Waals surface area (Å²) in [4.78, 5) is 10.5. The lowest BCUT2D eigenvalue weighted by molar-refractivity contribution is -0.137. The number of hydrogen-bond acceptors (Lipinski definition) is 2. The fourth-order valence-corrected chi connectivity index (χ4v) is 1.47. The van der Waals surface area contributed by atoms with Gasteiger partial charge in [-0.05, 0) is 18.9 Å². The molecule has 1 aromatic carbocycles. The second-order valence-electron chi connectivity index (χ2n) is 3.29. The third-order valence-electron chi connectivity index (χ3n) is 2.16. The Bertz CT molecular complexity index is 295. The standard InChI is InChI=1S/C12H16O3/c1-2-15-11(8-9-12(13)14)10-6-4-3-5-7-10/h3-7,11H,2,8-9H2,1H3,(H,13,14). The Morgan fingerprint density at radius 2 is 2.07 bits per heavy atom. The van der Waals surface area contributed by atoms with Gasteiger partial charge in [0.05, 0.1) is 6.10 Å². The summed E-state index contributed by atoms with van der Waals surface area (Å²) >= 11 is 0. The van der Waals surface area contributed by atoms with Crippen LogP contribution in [0, 0.1) is 0 Å². The maximum atomic E-state index is 10.5. The normalized spacial score (nSPS) is 12.3. The number of ether oxygens (including phenoxy) is 1. The van der Waals surface area contributed by atoms with Gasteiger partial charge in [0.1, 0.15) is 0 Å². The largest absolute Gasteiger partial charge is 0.481 e. The van der Waals surface area contributed by atoms with Gasteiger partial charge >= 0.3 is 5.97 Å². The van der Waals surface area contributed by atoms with Crippen LogP contribution in [0.25, 0.3) is 0 Å². The highest BCUT2D eigenvalue weighted by Crippen LogP contribution is 2.22. The van der Waals surface area contributed by atoms with Crippen LogP contribution in [-0.2, 0) is 9.53 Å². The second kappa shape index (κ2) is 6.19. The summed E-state index contributed by atoms with van der Waals surface area (Å²) < 4.78 is 5.52. The van der Waals surface area contributed by atoms with Crippen molar-refractivity contribution in [2.24, 2.45) is 0 Å². The van der Waals surface area contributed by atoms with E-state index in [1.807, 2.05) is 37.3 Å². The number of hydrogen-bond donors (Lipinski definition) is 1. The molecule has 0 heterocycles. The van der Waals surface area contributed by atoms with Crippen LogP contribution in [0.5, 0.6) is 0 Å². The summed E-state index contributed by atoms with van der Waals surface area (Å²) in [7, 11) is 0. The van der Waals surface area contributed by atoms with E-state index in [0.29, 0.717) is 13.0 Å². The average molecular weight is 208 g/mol. The van der Waals surface area contributed by atoms with E-state index in [9.17, 15) is 4.79 Å². The molecule has 82 valence electrons. The summed E-state index contributed by atoms with van der Waals surface area (Å²) in [5, 5.41) is 8.62. The molecule has 1 atom stereocenters. The van der Waals surface area contributed by atoms with Gasteiger partial charge in [-0.3, -0.25) is 4.79 Å². The highest BCUT2D eigenvalue weighted by Gasteiger charge is 2.12. The molecular formula is C12H16O3. The Kier molecular flexibility index (Phi) is 4.84. The molecule has 1 aromatic rings. The molecule has 1 N–H and O–H groups in total. The highest BCUT2D eigenvalue weighted by molar-refractivity contribution is 5.66. The zero-order valence-corrected chi connectivity index (χ0v) is 8.85. The molecule has 3 nitrogen and oxygen atoms in total. The molecule has 1 rings (SSSR count). The number of carbonyl (C=O) groups is 1. The van der Waals surface area contributed by atoms with E-state index in [4.69, 9.17) is 9.84 Å². The average Bonchev–Trinajstić information content (AvgIpc) is 2.25. The number of rotatable bonds is 6. The Morgan fingerprint density at radius 1 is 1.40 bits per heavy atom. The maximum absolute atomic E-state index is 10.5. The molecule has 0 spiro atoms. The van der Waals surface area contributed by atoms with E-state index in [1.54, 1.807) is 0 Å². The van der Waals surface area contributed by atoms with Crippen LogP contribution in [0.4, 0.5) is 0 Å². The van der Waals surface area contributed by atoms with Crippen molar-refractivity contribution in [3.8, 4) is 0 Å². The van der Waals surface area contributed by atoms with Gasteiger partial charge in [0.25, 0.3) is 0 Å². The molecule has 0 bridgehead atoms. The summed E-state index contributed by atoms with van der Waals surface area (Å²) in [6, 6.07) is 9.72. The number of aliphatic carboxylic acids is 1. The molecule has 15 heavy (non-hydrogen) atoms. The third-order valence-corrected chi connectivity index (χ3v) is 2.16. The lowest BCUT2D eigenvalue weighted by Crippen LogP contribution is -2.07. The monoisotopic (exact) mass is 208 g/mol. The van der Waals surface area contributed by atoms with Crippen molar-refractivity contribution in [2.45, 2.75) is 25.9 Å². The first-order valence-electron chi connectivity index (χ1n) is 5.12. The van der Waals surface area contributed by atoms with Gasteiger partial charge < -0.3 is 9.84 Å².